The van der Waals surface area contributed by atoms with Crippen molar-refractivity contribution in [2.24, 2.45) is 11.7 Å². The average molecular weight is 230 g/mol. The van der Waals surface area contributed by atoms with E-state index in [2.05, 4.69) is 5.32 Å². The van der Waals surface area contributed by atoms with Crippen molar-refractivity contribution in [3.8, 4) is 0 Å². The zero-order valence-corrected chi connectivity index (χ0v) is 9.82. The Morgan fingerprint density at radius 1 is 1.56 bits per heavy atom. The van der Waals surface area contributed by atoms with Gasteiger partial charge in [0, 0.05) is 19.6 Å². The quantitative estimate of drug-likeness (QED) is 0.601. The lowest BCUT2D eigenvalue weighted by atomic mass is 9.86. The molecule has 0 heterocycles. The van der Waals surface area contributed by atoms with Crippen LogP contribution in [0, 0.1) is 5.92 Å². The molecule has 0 radical (unpaired) electrons. The molecule has 94 valence electrons. The molecule has 0 aromatic rings. The van der Waals surface area contributed by atoms with E-state index in [1.807, 2.05) is 0 Å². The fraction of sp³-hybridized carbons (Fsp3) is 0.909. The zero-order valence-electron chi connectivity index (χ0n) is 9.82. The summed E-state index contributed by atoms with van der Waals surface area (Å²) in [5.74, 6) is -0.0351. The highest BCUT2D eigenvalue weighted by Crippen LogP contribution is 2.23. The molecule has 16 heavy (non-hydrogen) atoms. The van der Waals surface area contributed by atoms with Crippen molar-refractivity contribution >= 4 is 5.91 Å². The first-order chi connectivity index (χ1) is 7.65. The standard InChI is InChI=1S/C11H22N2O3/c1-16-7-9(12)11(15)13-6-8-4-2-3-5-10(8)14/h8-10,14H,2-7,12H2,1H3,(H,13,15). The number of carbonyl (C=O) groups excluding carboxylic acids is 1. The van der Waals surface area contributed by atoms with E-state index >= 15 is 0 Å². The van der Waals surface area contributed by atoms with Gasteiger partial charge in [0.05, 0.1) is 12.7 Å². The molecule has 1 amide bonds. The minimum Gasteiger partial charge on any atom is -0.393 e. The van der Waals surface area contributed by atoms with Gasteiger partial charge in [0.15, 0.2) is 0 Å². The van der Waals surface area contributed by atoms with E-state index in [1.165, 1.54) is 7.11 Å². The topological polar surface area (TPSA) is 84.6 Å². The van der Waals surface area contributed by atoms with Crippen LogP contribution in [0.1, 0.15) is 25.7 Å². The lowest BCUT2D eigenvalue weighted by molar-refractivity contribution is -0.123. The van der Waals surface area contributed by atoms with Crippen molar-refractivity contribution in [2.75, 3.05) is 20.3 Å². The maximum Gasteiger partial charge on any atom is 0.239 e. The minimum atomic E-state index is -0.620. The van der Waals surface area contributed by atoms with Crippen molar-refractivity contribution in [1.29, 1.82) is 0 Å². The molecule has 5 heteroatoms. The summed E-state index contributed by atoms with van der Waals surface area (Å²) in [6, 6.07) is -0.620. The number of hydrogen-bond donors (Lipinski definition) is 3. The molecule has 3 atom stereocenters. The molecule has 0 bridgehead atoms. The van der Waals surface area contributed by atoms with E-state index in [1.54, 1.807) is 0 Å². The van der Waals surface area contributed by atoms with E-state index in [9.17, 15) is 9.90 Å². The summed E-state index contributed by atoms with van der Waals surface area (Å²) in [5, 5.41) is 12.5. The second-order valence-corrected chi connectivity index (χ2v) is 4.42. The molecule has 0 spiro atoms. The Morgan fingerprint density at radius 3 is 2.88 bits per heavy atom. The molecular formula is C11H22N2O3. The second kappa shape index (κ2) is 6.83. The molecule has 5 nitrogen and oxygen atoms in total. The Morgan fingerprint density at radius 2 is 2.25 bits per heavy atom. The third-order valence-corrected chi connectivity index (χ3v) is 3.09. The molecule has 0 saturated heterocycles. The van der Waals surface area contributed by atoms with E-state index < -0.39 is 6.04 Å². The molecule has 0 aliphatic heterocycles. The van der Waals surface area contributed by atoms with Crippen molar-refractivity contribution < 1.29 is 14.6 Å². The number of rotatable bonds is 5. The van der Waals surface area contributed by atoms with E-state index in [-0.39, 0.29) is 24.5 Å². The first-order valence-corrected chi connectivity index (χ1v) is 5.85. The Bertz CT molecular complexity index is 223. The molecule has 4 N–H and O–H groups in total. The normalized spacial score (nSPS) is 27.4. The number of aliphatic hydroxyl groups is 1. The Balaban J connectivity index is 2.24. The van der Waals surface area contributed by atoms with Crippen LogP contribution in [-0.4, -0.2) is 43.4 Å². The van der Waals surface area contributed by atoms with Crippen LogP contribution >= 0.6 is 0 Å². The average Bonchev–Trinajstić information content (AvgIpc) is 2.28. The third kappa shape index (κ3) is 4.08. The molecule has 1 aliphatic rings. The number of ether oxygens (including phenoxy) is 1. The van der Waals surface area contributed by atoms with Crippen LogP contribution < -0.4 is 11.1 Å². The molecule has 1 rings (SSSR count). The Labute approximate surface area is 96.3 Å². The van der Waals surface area contributed by atoms with Crippen LogP contribution in [0.4, 0.5) is 0 Å². The molecule has 0 aromatic heterocycles. The first kappa shape index (κ1) is 13.4. The summed E-state index contributed by atoms with van der Waals surface area (Å²) in [6.07, 6.45) is 3.73. The van der Waals surface area contributed by atoms with Crippen LogP contribution in [0.5, 0.6) is 0 Å². The highest BCUT2D eigenvalue weighted by atomic mass is 16.5. The van der Waals surface area contributed by atoms with Crippen molar-refractivity contribution in [3.63, 3.8) is 0 Å². The van der Waals surface area contributed by atoms with E-state index in [0.717, 1.165) is 25.7 Å². The molecular weight excluding hydrogens is 208 g/mol. The van der Waals surface area contributed by atoms with Gasteiger partial charge >= 0.3 is 0 Å². The molecule has 1 fully saturated rings. The molecule has 3 unspecified atom stereocenters. The van der Waals surface area contributed by atoms with Gasteiger partial charge in [-0.1, -0.05) is 12.8 Å². The number of nitrogens with two attached hydrogens (primary N) is 1. The minimum absolute atomic E-state index is 0.174. The predicted octanol–water partition coefficient (Wildman–Crippen LogP) is -0.373. The Kier molecular flexibility index (Phi) is 5.73. The predicted molar refractivity (Wildman–Crippen MR) is 60.8 cm³/mol. The summed E-state index contributed by atoms with van der Waals surface area (Å²) in [7, 11) is 1.51. The van der Waals surface area contributed by atoms with Crippen LogP contribution in [0.25, 0.3) is 0 Å². The SMILES string of the molecule is COCC(N)C(=O)NCC1CCCCC1O. The van der Waals surface area contributed by atoms with Gasteiger partial charge in [-0.15, -0.1) is 0 Å². The van der Waals surface area contributed by atoms with E-state index in [0.29, 0.717) is 6.54 Å². The number of carbonyl (C=O) groups is 1. The van der Waals surface area contributed by atoms with Gasteiger partial charge in [0.2, 0.25) is 5.91 Å². The van der Waals surface area contributed by atoms with Gasteiger partial charge in [0.25, 0.3) is 0 Å². The fourth-order valence-corrected chi connectivity index (χ4v) is 2.04. The van der Waals surface area contributed by atoms with Crippen molar-refractivity contribution in [1.82, 2.24) is 5.32 Å². The number of hydrogen-bond acceptors (Lipinski definition) is 4. The smallest absolute Gasteiger partial charge is 0.239 e. The lowest BCUT2D eigenvalue weighted by Crippen LogP contribution is -2.46. The molecule has 0 aromatic carbocycles. The summed E-state index contributed by atoms with van der Waals surface area (Å²) in [5.41, 5.74) is 5.58. The van der Waals surface area contributed by atoms with Crippen molar-refractivity contribution in [2.45, 2.75) is 37.8 Å². The van der Waals surface area contributed by atoms with E-state index in [4.69, 9.17) is 10.5 Å². The van der Waals surface area contributed by atoms with Crippen molar-refractivity contribution in [3.05, 3.63) is 0 Å². The summed E-state index contributed by atoms with van der Waals surface area (Å²) < 4.78 is 4.80. The molecule has 1 saturated carbocycles. The lowest BCUT2D eigenvalue weighted by Gasteiger charge is -2.28. The summed E-state index contributed by atoms with van der Waals surface area (Å²) >= 11 is 0. The maximum atomic E-state index is 11.5. The highest BCUT2D eigenvalue weighted by molar-refractivity contribution is 5.81. The number of amides is 1. The number of methoxy groups -OCH3 is 1. The summed E-state index contributed by atoms with van der Waals surface area (Å²) in [4.78, 5) is 11.5. The first-order valence-electron chi connectivity index (χ1n) is 5.85. The second-order valence-electron chi connectivity index (χ2n) is 4.42. The molecule has 1 aliphatic carbocycles. The van der Waals surface area contributed by atoms with Gasteiger partial charge in [-0.25, -0.2) is 0 Å². The van der Waals surface area contributed by atoms with Gasteiger partial charge in [-0.05, 0) is 12.8 Å². The fourth-order valence-electron chi connectivity index (χ4n) is 2.04. The van der Waals surface area contributed by atoms with Gasteiger partial charge in [-0.2, -0.15) is 0 Å². The monoisotopic (exact) mass is 230 g/mol. The maximum absolute atomic E-state index is 11.5. The Hall–Kier alpha value is -0.650. The highest BCUT2D eigenvalue weighted by Gasteiger charge is 2.24. The number of nitrogens with one attached hydrogen (secondary N) is 1. The third-order valence-electron chi connectivity index (χ3n) is 3.09. The van der Waals surface area contributed by atoms with Crippen LogP contribution in [-0.2, 0) is 9.53 Å². The zero-order chi connectivity index (χ0) is 12.0. The van der Waals surface area contributed by atoms with Gasteiger partial charge in [-0.3, -0.25) is 4.79 Å². The summed E-state index contributed by atoms with van der Waals surface area (Å²) in [6.45, 7) is 0.733. The van der Waals surface area contributed by atoms with Gasteiger partial charge < -0.3 is 20.9 Å². The van der Waals surface area contributed by atoms with Crippen LogP contribution in [0.3, 0.4) is 0 Å². The van der Waals surface area contributed by atoms with Gasteiger partial charge in [0.1, 0.15) is 6.04 Å². The number of aliphatic hydroxyl groups excluding tert-OH is 1. The van der Waals surface area contributed by atoms with Crippen LogP contribution in [0.15, 0.2) is 0 Å². The largest absolute Gasteiger partial charge is 0.393 e. The van der Waals surface area contributed by atoms with Crippen LogP contribution in [0.2, 0.25) is 0 Å².